The molecule has 4 rings (SSSR count). The van der Waals surface area contributed by atoms with Crippen molar-refractivity contribution in [3.8, 4) is 0 Å². The normalized spacial score (nSPS) is 15.5. The fourth-order valence-corrected chi connectivity index (χ4v) is 10.8. The Balaban J connectivity index is 1.42. The third-order valence-corrected chi connectivity index (χ3v) is 16.0. The molecule has 0 spiro atoms. The van der Waals surface area contributed by atoms with E-state index in [0.717, 1.165) is 4.90 Å². The van der Waals surface area contributed by atoms with Crippen molar-refractivity contribution < 1.29 is 77.3 Å². The first-order valence-corrected chi connectivity index (χ1v) is 33.6. The van der Waals surface area contributed by atoms with Gasteiger partial charge in [0.25, 0.3) is 0 Å². The van der Waals surface area contributed by atoms with E-state index >= 15 is 0 Å². The number of aromatic amines is 2. The number of carbonyl (C=O) groups is 14. The Bertz CT molecular complexity index is 3310. The van der Waals surface area contributed by atoms with Crippen molar-refractivity contribution in [2.24, 2.45) is 45.5 Å². The molecule has 25 N–H and O–H groups in total. The molecule has 11 atom stereocenters. The molecular weight excluding hydrogens is 1330 g/mol. The molecule has 3 aromatic rings. The van der Waals surface area contributed by atoms with E-state index in [4.69, 9.17) is 28.7 Å². The molecule has 38 heteroatoms. The van der Waals surface area contributed by atoms with Gasteiger partial charge in [-0.3, -0.25) is 67.3 Å². The van der Waals surface area contributed by atoms with Gasteiger partial charge in [0.2, 0.25) is 76.8 Å². The molecule has 562 valence electrons. The van der Waals surface area contributed by atoms with Crippen LogP contribution in [0.25, 0.3) is 0 Å². The van der Waals surface area contributed by atoms with Crippen LogP contribution in [0.4, 0.5) is 0 Å². The molecule has 1 aliphatic heterocycles. The minimum absolute atomic E-state index is 0.00403. The number of aliphatic imine (C=N–C) groups is 1. The highest BCUT2D eigenvalue weighted by Crippen LogP contribution is 2.19. The number of guanidine groups is 1. The number of aliphatic carboxylic acids is 1. The van der Waals surface area contributed by atoms with Gasteiger partial charge in [0, 0.05) is 56.1 Å². The second-order valence-electron chi connectivity index (χ2n) is 25.5. The molecule has 0 radical (unpaired) electrons. The zero-order valence-electron chi connectivity index (χ0n) is 57.9. The molecule has 2 aromatic heterocycles. The number of rotatable bonds is 45. The summed E-state index contributed by atoms with van der Waals surface area (Å²) < 4.78 is 0. The highest BCUT2D eigenvalue weighted by atomic mass is 16.4. The van der Waals surface area contributed by atoms with Crippen molar-refractivity contribution in [2.75, 3.05) is 39.3 Å². The number of nitrogens with two attached hydrogens (primary N) is 5. The zero-order chi connectivity index (χ0) is 75.6. The number of primary amides is 1. The molecule has 0 saturated carbocycles. The van der Waals surface area contributed by atoms with E-state index in [1.807, 2.05) is 0 Å². The molecule has 0 bridgehead atoms. The van der Waals surface area contributed by atoms with Gasteiger partial charge in [-0.2, -0.15) is 0 Å². The van der Waals surface area contributed by atoms with E-state index in [-0.39, 0.29) is 102 Å². The van der Waals surface area contributed by atoms with E-state index in [0.29, 0.717) is 29.8 Å². The lowest BCUT2D eigenvalue weighted by molar-refractivity contribution is -0.142. The van der Waals surface area contributed by atoms with Gasteiger partial charge in [-0.05, 0) is 88.7 Å². The predicted octanol–water partition coefficient (Wildman–Crippen LogP) is -6.68. The Morgan fingerprint density at radius 3 is 1.62 bits per heavy atom. The first kappa shape index (κ1) is 83.8. The number of benzene rings is 1. The number of aliphatic hydroxyl groups is 1. The standard InChI is InChI=1S/C64H100N22O16/c1-34(2)21-43(58(96)82-45(23-37-13-7-6-8-14-37)55(93)73-29-50(89)78-42(63(101)102)16-11-19-72-64(68)69)79-51(90)30-74-56(94)46(25-39-28-71-33-77-39)83-59(97)44(22-35(3)4)81-60(98)47(26-49(67)88)84-61(99)48-17-12-20-86(48)52(91)31-75-62(100)53(36(5)87)85-57(95)41(15-9-10-18-65)80-54(92)40(66)24-38-27-70-32-76-38/h6-8,13-14,27-28,32-36,40-48,53,87H,9-12,15-26,29-31,65-66H2,1-5H3,(H2,67,88)(H,70,76)(H,71,77)(H,73,93)(H,74,94)(H,75,100)(H,78,89)(H,79,90)(H,80,92)(H,81,98)(H,82,96)(H,83,97)(H,84,99)(H,85,95)(H,101,102)(H4,68,69,72)/t36-,40+,41+,42+,43+,44+,45+,46+,47+,48+,53+/m1/s1. The number of aromatic nitrogens is 4. The van der Waals surface area contributed by atoms with Gasteiger partial charge in [0.1, 0.15) is 54.4 Å². The number of nitrogens with zero attached hydrogens (tertiary/aromatic N) is 4. The first-order chi connectivity index (χ1) is 48.3. The minimum atomic E-state index is -1.73. The summed E-state index contributed by atoms with van der Waals surface area (Å²) in [5.74, 6) is -13.6. The Kier molecular flexibility index (Phi) is 35.4. The van der Waals surface area contributed by atoms with Crippen LogP contribution in [0.5, 0.6) is 0 Å². The quantitative estimate of drug-likeness (QED) is 0.0142. The number of H-pyrrole nitrogens is 2. The maximum Gasteiger partial charge on any atom is 0.326 e. The van der Waals surface area contributed by atoms with Crippen molar-refractivity contribution in [1.29, 1.82) is 0 Å². The average Bonchev–Trinajstić information content (AvgIpc) is 1.59. The van der Waals surface area contributed by atoms with Gasteiger partial charge >= 0.3 is 5.97 Å². The number of likely N-dealkylation sites (tertiary alicyclic amines) is 1. The number of amides is 13. The fourth-order valence-electron chi connectivity index (χ4n) is 10.8. The number of hydrogen-bond acceptors (Lipinski definition) is 20. The van der Waals surface area contributed by atoms with Crippen LogP contribution in [0.15, 0.2) is 60.4 Å². The molecule has 1 fully saturated rings. The largest absolute Gasteiger partial charge is 0.480 e. The van der Waals surface area contributed by atoms with Crippen LogP contribution in [-0.2, 0) is 86.4 Å². The SMILES string of the molecule is CC(C)C[C@H](NC(=O)CNC(=O)[C@H](Cc1cnc[nH]1)NC(=O)[C@H](CC(C)C)NC(=O)[C@H](CC(N)=O)NC(=O)[C@@H]1CCCN1C(=O)CNC(=O)[C@@H](NC(=O)[C@H](CCCCN)NC(=O)[C@@H](N)Cc1cnc[nH]1)[C@@H](C)O)C(=O)N[C@@H](Cc1ccccc1)C(=O)NCC(=O)N[C@@H](CCCN=C(N)N)C(=O)O. The van der Waals surface area contributed by atoms with E-state index in [1.165, 1.54) is 32.0 Å². The van der Waals surface area contributed by atoms with Crippen LogP contribution < -0.4 is 87.2 Å². The van der Waals surface area contributed by atoms with Gasteiger partial charge < -0.3 is 112 Å². The lowest BCUT2D eigenvalue weighted by Crippen LogP contribution is -2.60. The van der Waals surface area contributed by atoms with Gasteiger partial charge in [-0.25, -0.2) is 14.8 Å². The van der Waals surface area contributed by atoms with Gasteiger partial charge in [0.05, 0.1) is 50.9 Å². The van der Waals surface area contributed by atoms with Crippen LogP contribution in [0.1, 0.15) is 116 Å². The zero-order valence-corrected chi connectivity index (χ0v) is 57.9. The smallest absolute Gasteiger partial charge is 0.326 e. The highest BCUT2D eigenvalue weighted by Gasteiger charge is 2.39. The summed E-state index contributed by atoms with van der Waals surface area (Å²) in [7, 11) is 0. The topological polar surface area (TPSA) is 615 Å². The van der Waals surface area contributed by atoms with Crippen LogP contribution in [0, 0.1) is 11.8 Å². The summed E-state index contributed by atoms with van der Waals surface area (Å²) >= 11 is 0. The Labute approximate surface area is 589 Å². The van der Waals surface area contributed by atoms with Gasteiger partial charge in [-0.15, -0.1) is 0 Å². The van der Waals surface area contributed by atoms with E-state index < -0.39 is 175 Å². The maximum atomic E-state index is 14.3. The molecule has 1 saturated heterocycles. The van der Waals surface area contributed by atoms with Crippen LogP contribution >= 0.6 is 0 Å². The van der Waals surface area contributed by atoms with Gasteiger partial charge in [0.15, 0.2) is 5.96 Å². The van der Waals surface area contributed by atoms with E-state index in [1.54, 1.807) is 58.0 Å². The summed E-state index contributed by atoms with van der Waals surface area (Å²) in [6.07, 6.45) is 4.48. The molecule has 1 aromatic carbocycles. The fraction of sp³-hybridized carbons (Fsp3) is 0.578. The summed E-state index contributed by atoms with van der Waals surface area (Å²) in [5.41, 5.74) is 29.5. The molecule has 13 amide bonds. The lowest BCUT2D eigenvalue weighted by Gasteiger charge is -2.28. The second kappa shape index (κ2) is 43.1. The molecule has 0 unspecified atom stereocenters. The third-order valence-electron chi connectivity index (χ3n) is 16.0. The average molecular weight is 1430 g/mol. The number of imidazole rings is 2. The number of unbranched alkanes of at least 4 members (excludes halogenated alkanes) is 1. The summed E-state index contributed by atoms with van der Waals surface area (Å²) in [5, 5.41) is 47.8. The number of hydrogen-bond donors (Lipinski definition) is 20. The van der Waals surface area contributed by atoms with Crippen molar-refractivity contribution in [3.63, 3.8) is 0 Å². The van der Waals surface area contributed by atoms with E-state index in [2.05, 4.69) is 83.4 Å². The van der Waals surface area contributed by atoms with Crippen molar-refractivity contribution in [1.82, 2.24) is 83.3 Å². The van der Waals surface area contributed by atoms with Crippen molar-refractivity contribution in [3.05, 3.63) is 72.3 Å². The molecule has 1 aliphatic rings. The van der Waals surface area contributed by atoms with Crippen molar-refractivity contribution >= 4 is 88.7 Å². The minimum Gasteiger partial charge on any atom is -0.480 e. The highest BCUT2D eigenvalue weighted by molar-refractivity contribution is 6.00. The van der Waals surface area contributed by atoms with Crippen molar-refractivity contribution in [2.45, 2.75) is 185 Å². The van der Waals surface area contributed by atoms with Crippen LogP contribution in [-0.4, -0.2) is 230 Å². The molecule has 0 aliphatic carbocycles. The van der Waals surface area contributed by atoms with E-state index in [9.17, 15) is 77.3 Å². The molecular formula is C64H100N22O16. The Morgan fingerprint density at radius 2 is 1.09 bits per heavy atom. The number of carboxylic acid groups (broad SMARTS) is 1. The van der Waals surface area contributed by atoms with Crippen LogP contribution in [0.2, 0.25) is 0 Å². The summed E-state index contributed by atoms with van der Waals surface area (Å²) in [4.78, 5) is 208. The predicted molar refractivity (Wildman–Crippen MR) is 367 cm³/mol. The number of carboxylic acids is 1. The number of nitrogens with one attached hydrogen (secondary N) is 13. The maximum absolute atomic E-state index is 14.3. The summed E-state index contributed by atoms with van der Waals surface area (Å²) in [6.45, 7) is 6.43. The number of carbonyl (C=O) groups excluding carboxylic acids is 13. The second-order valence-corrected chi connectivity index (χ2v) is 25.5. The monoisotopic (exact) mass is 1430 g/mol. The molecule has 102 heavy (non-hydrogen) atoms. The van der Waals surface area contributed by atoms with Crippen LogP contribution in [0.3, 0.4) is 0 Å². The van der Waals surface area contributed by atoms with Gasteiger partial charge in [-0.1, -0.05) is 58.0 Å². The Morgan fingerprint density at radius 1 is 0.578 bits per heavy atom. The first-order valence-electron chi connectivity index (χ1n) is 33.6. The molecule has 38 nitrogen and oxygen atoms in total. The molecule has 3 heterocycles. The Hall–Kier alpha value is -10.6. The third kappa shape index (κ3) is 30.1. The summed E-state index contributed by atoms with van der Waals surface area (Å²) in [6, 6.07) is -5.28. The number of aliphatic hydroxyl groups excluding tert-OH is 1. The lowest BCUT2D eigenvalue weighted by atomic mass is 10.0.